The van der Waals surface area contributed by atoms with Crippen LogP contribution in [0.15, 0.2) is 12.1 Å². The molecule has 0 amide bonds. The maximum absolute atomic E-state index is 10.5. The normalized spacial score (nSPS) is 9.69. The summed E-state index contributed by atoms with van der Waals surface area (Å²) in [5, 5.41) is 10.5. The lowest BCUT2D eigenvalue weighted by Gasteiger charge is -2.00. The van der Waals surface area contributed by atoms with Gasteiger partial charge in [0.15, 0.2) is 0 Å². The first-order valence-electron chi connectivity index (χ1n) is 3.39. The van der Waals surface area contributed by atoms with E-state index in [9.17, 15) is 14.9 Å². The van der Waals surface area contributed by atoms with E-state index in [1.54, 1.807) is 6.29 Å². The Morgan fingerprint density at radius 1 is 1.54 bits per heavy atom. The number of carbonyl (C=O) groups excluding carboxylic acids is 1. The van der Waals surface area contributed by atoms with Gasteiger partial charge in [-0.3, -0.25) is 14.9 Å². The summed E-state index contributed by atoms with van der Waals surface area (Å²) in [7, 11) is 0. The molecule has 0 N–H and O–H groups in total. The Bertz CT molecular complexity index is 376. The first kappa shape index (κ1) is 9.67. The smallest absolute Gasteiger partial charge is 0.285 e. The summed E-state index contributed by atoms with van der Waals surface area (Å²) < 4.78 is 0. The summed E-state index contributed by atoms with van der Waals surface area (Å²) >= 11 is 5.58. The molecule has 1 aromatic carbocycles. The minimum atomic E-state index is -0.613. The number of benzene rings is 1. The quantitative estimate of drug-likeness (QED) is 0.540. The molecule has 0 saturated carbocycles. The topological polar surface area (TPSA) is 60.2 Å². The van der Waals surface area contributed by atoms with Gasteiger partial charge in [0.05, 0.1) is 4.92 Å². The minimum absolute atomic E-state index is 0.0292. The molecule has 0 unspecified atom stereocenters. The Morgan fingerprint density at radius 3 is 2.62 bits per heavy atom. The molecular weight excluding hydrogens is 194 g/mol. The lowest BCUT2D eigenvalue weighted by atomic mass is 10.1. The van der Waals surface area contributed by atoms with Crippen LogP contribution in [-0.4, -0.2) is 11.2 Å². The Labute approximate surface area is 79.3 Å². The van der Waals surface area contributed by atoms with E-state index in [2.05, 4.69) is 0 Å². The number of hydrogen-bond acceptors (Lipinski definition) is 3. The van der Waals surface area contributed by atoms with Gasteiger partial charge in [-0.2, -0.15) is 0 Å². The van der Waals surface area contributed by atoms with Crippen LogP contribution in [0, 0.1) is 17.0 Å². The molecule has 0 aliphatic rings. The summed E-state index contributed by atoms with van der Waals surface area (Å²) in [6.45, 7) is 1.46. The zero-order chi connectivity index (χ0) is 10.0. The molecule has 0 aliphatic heterocycles. The van der Waals surface area contributed by atoms with Crippen LogP contribution in [0.4, 0.5) is 5.69 Å². The standard InChI is InChI=1S/C8H5ClNO3/c1-5-6(4-11)2-3-7(9)8(5)10(12)13/h2-3H,1H3. The zero-order valence-electron chi connectivity index (χ0n) is 6.70. The van der Waals surface area contributed by atoms with Crippen LogP contribution in [0.5, 0.6) is 0 Å². The zero-order valence-corrected chi connectivity index (χ0v) is 7.46. The first-order valence-corrected chi connectivity index (χ1v) is 3.77. The molecule has 67 valence electrons. The van der Waals surface area contributed by atoms with Crippen LogP contribution in [0.1, 0.15) is 11.1 Å². The van der Waals surface area contributed by atoms with Gasteiger partial charge in [-0.25, -0.2) is 0 Å². The fourth-order valence-corrected chi connectivity index (χ4v) is 1.28. The van der Waals surface area contributed by atoms with Crippen LogP contribution in [-0.2, 0) is 4.79 Å². The third-order valence-corrected chi connectivity index (χ3v) is 1.98. The minimum Gasteiger partial charge on any atom is -0.285 e. The van der Waals surface area contributed by atoms with Crippen LogP contribution in [0.3, 0.4) is 0 Å². The predicted octanol–water partition coefficient (Wildman–Crippen LogP) is 2.01. The lowest BCUT2D eigenvalue weighted by Crippen LogP contribution is -1.96. The van der Waals surface area contributed by atoms with Crippen molar-refractivity contribution in [2.75, 3.05) is 0 Å². The molecule has 1 aromatic rings. The van der Waals surface area contributed by atoms with Crippen molar-refractivity contribution >= 4 is 23.6 Å². The second-order valence-electron chi connectivity index (χ2n) is 2.43. The van der Waals surface area contributed by atoms with Crippen molar-refractivity contribution in [2.24, 2.45) is 0 Å². The molecule has 4 nitrogen and oxygen atoms in total. The average molecular weight is 199 g/mol. The molecule has 0 spiro atoms. The van der Waals surface area contributed by atoms with Crippen molar-refractivity contribution in [3.05, 3.63) is 38.4 Å². The maximum Gasteiger partial charge on any atom is 0.291 e. The number of halogens is 1. The van der Waals surface area contributed by atoms with Gasteiger partial charge >= 0.3 is 0 Å². The van der Waals surface area contributed by atoms with Crippen LogP contribution in [0.2, 0.25) is 5.02 Å². The maximum atomic E-state index is 10.5. The van der Waals surface area contributed by atoms with Gasteiger partial charge in [-0.15, -0.1) is 0 Å². The summed E-state index contributed by atoms with van der Waals surface area (Å²) in [4.78, 5) is 20.2. The summed E-state index contributed by atoms with van der Waals surface area (Å²) in [5.41, 5.74) is 0.172. The highest BCUT2D eigenvalue weighted by molar-refractivity contribution is 6.32. The summed E-state index contributed by atoms with van der Waals surface area (Å²) in [6.07, 6.45) is 1.60. The number of nitro benzene ring substituents is 1. The van der Waals surface area contributed by atoms with E-state index in [1.165, 1.54) is 19.1 Å². The molecular formula is C8H5ClNO3. The molecule has 0 fully saturated rings. The van der Waals surface area contributed by atoms with E-state index in [0.29, 0.717) is 0 Å². The van der Waals surface area contributed by atoms with Crippen molar-refractivity contribution in [1.82, 2.24) is 0 Å². The molecule has 1 rings (SSSR count). The van der Waals surface area contributed by atoms with E-state index in [-0.39, 0.29) is 21.8 Å². The molecule has 13 heavy (non-hydrogen) atoms. The van der Waals surface area contributed by atoms with Gasteiger partial charge in [0.2, 0.25) is 6.29 Å². The van der Waals surface area contributed by atoms with Crippen molar-refractivity contribution in [2.45, 2.75) is 6.92 Å². The van der Waals surface area contributed by atoms with E-state index in [0.717, 1.165) is 0 Å². The Hall–Kier alpha value is -1.42. The van der Waals surface area contributed by atoms with E-state index in [1.807, 2.05) is 0 Å². The van der Waals surface area contributed by atoms with Crippen molar-refractivity contribution in [3.63, 3.8) is 0 Å². The second-order valence-corrected chi connectivity index (χ2v) is 2.83. The lowest BCUT2D eigenvalue weighted by molar-refractivity contribution is -0.385. The molecule has 1 radical (unpaired) electrons. The van der Waals surface area contributed by atoms with Crippen molar-refractivity contribution < 1.29 is 9.72 Å². The van der Waals surface area contributed by atoms with E-state index >= 15 is 0 Å². The SMILES string of the molecule is Cc1c([C]=O)ccc(Cl)c1[N+](=O)[O-]. The Morgan fingerprint density at radius 2 is 2.15 bits per heavy atom. The number of nitro groups is 1. The monoisotopic (exact) mass is 198 g/mol. The van der Waals surface area contributed by atoms with Gasteiger partial charge in [0.1, 0.15) is 5.02 Å². The highest BCUT2D eigenvalue weighted by Gasteiger charge is 2.18. The predicted molar refractivity (Wildman–Crippen MR) is 47.6 cm³/mol. The highest BCUT2D eigenvalue weighted by Crippen LogP contribution is 2.29. The molecule has 0 aliphatic carbocycles. The summed E-state index contributed by atoms with van der Waals surface area (Å²) in [5.74, 6) is 0. The molecule has 0 heterocycles. The molecule has 0 bridgehead atoms. The largest absolute Gasteiger partial charge is 0.291 e. The fraction of sp³-hybridized carbons (Fsp3) is 0.125. The third-order valence-electron chi connectivity index (χ3n) is 1.67. The highest BCUT2D eigenvalue weighted by atomic mass is 35.5. The van der Waals surface area contributed by atoms with Crippen LogP contribution < -0.4 is 0 Å². The van der Waals surface area contributed by atoms with E-state index in [4.69, 9.17) is 11.6 Å². The van der Waals surface area contributed by atoms with Gasteiger partial charge in [0.25, 0.3) is 5.69 Å². The van der Waals surface area contributed by atoms with Crippen molar-refractivity contribution in [3.8, 4) is 0 Å². The molecule has 5 heteroatoms. The first-order chi connectivity index (χ1) is 6.07. The van der Waals surface area contributed by atoms with Gasteiger partial charge in [-0.05, 0) is 19.1 Å². The Balaban J connectivity index is 3.47. The Kier molecular flexibility index (Phi) is 2.63. The third kappa shape index (κ3) is 1.67. The molecule has 0 atom stereocenters. The van der Waals surface area contributed by atoms with Gasteiger partial charge < -0.3 is 0 Å². The van der Waals surface area contributed by atoms with Crippen molar-refractivity contribution in [1.29, 1.82) is 0 Å². The average Bonchev–Trinajstić information content (AvgIpc) is 2.04. The molecule has 0 saturated heterocycles. The van der Waals surface area contributed by atoms with E-state index < -0.39 is 4.92 Å². The van der Waals surface area contributed by atoms with Gasteiger partial charge in [0, 0.05) is 11.1 Å². The number of rotatable bonds is 2. The van der Waals surface area contributed by atoms with Crippen LogP contribution >= 0.6 is 11.6 Å². The number of nitrogens with zero attached hydrogens (tertiary/aromatic N) is 1. The second kappa shape index (κ2) is 3.53. The summed E-state index contributed by atoms with van der Waals surface area (Å²) in [6, 6.07) is 2.71. The van der Waals surface area contributed by atoms with Crippen LogP contribution in [0.25, 0.3) is 0 Å². The van der Waals surface area contributed by atoms with Gasteiger partial charge in [-0.1, -0.05) is 11.6 Å². The molecule has 0 aromatic heterocycles. The number of hydrogen-bond donors (Lipinski definition) is 0. The fourth-order valence-electron chi connectivity index (χ4n) is 1.00.